The summed E-state index contributed by atoms with van der Waals surface area (Å²) >= 11 is 0. The number of hydrogen-bond donors (Lipinski definition) is 1. The third-order valence-corrected chi connectivity index (χ3v) is 2.78. The number of hydrogen-bond acceptors (Lipinski definition) is 2. The van der Waals surface area contributed by atoms with Crippen molar-refractivity contribution in [2.45, 2.75) is 19.3 Å². The van der Waals surface area contributed by atoms with Gasteiger partial charge in [-0.05, 0) is 25.0 Å². The molecule has 1 aromatic heterocycles. The van der Waals surface area contributed by atoms with E-state index in [9.17, 15) is 4.79 Å². The number of ketones is 1. The maximum Gasteiger partial charge on any atom is 0.162 e. The average Bonchev–Trinajstić information content (AvgIpc) is 2.92. The van der Waals surface area contributed by atoms with Gasteiger partial charge in [-0.25, -0.2) is 4.98 Å². The van der Waals surface area contributed by atoms with E-state index in [4.69, 9.17) is 6.42 Å². The van der Waals surface area contributed by atoms with Crippen molar-refractivity contribution in [2.24, 2.45) is 0 Å². The Kier molecular flexibility index (Phi) is 3.93. The number of nitrogens with zero attached hydrogens (tertiary/aromatic N) is 1. The van der Waals surface area contributed by atoms with E-state index < -0.39 is 0 Å². The lowest BCUT2D eigenvalue weighted by Gasteiger charge is -2.01. The number of aryl methyl sites for hydroxylation is 1. The third kappa shape index (κ3) is 3.08. The lowest BCUT2D eigenvalue weighted by Crippen LogP contribution is -2.00. The Hall–Kier alpha value is -2.34. The number of nitrogens with one attached hydrogen (secondary N) is 1. The van der Waals surface area contributed by atoms with Crippen molar-refractivity contribution in [3.63, 3.8) is 0 Å². The van der Waals surface area contributed by atoms with E-state index in [1.807, 2.05) is 0 Å². The van der Waals surface area contributed by atoms with Gasteiger partial charge in [-0.2, -0.15) is 0 Å². The molecule has 0 amide bonds. The summed E-state index contributed by atoms with van der Waals surface area (Å²) < 4.78 is 0. The second kappa shape index (κ2) is 5.83. The Bertz CT molecular complexity index is 547. The smallest absolute Gasteiger partial charge is 0.162 e. The first-order chi connectivity index (χ1) is 8.79. The molecule has 18 heavy (non-hydrogen) atoms. The highest BCUT2D eigenvalue weighted by Crippen LogP contribution is 2.09. The summed E-state index contributed by atoms with van der Waals surface area (Å²) in [5.74, 6) is 2.68. The predicted octanol–water partition coefficient (Wildman–Crippen LogP) is 2.60. The first kappa shape index (κ1) is 12.1. The molecule has 2 aromatic rings. The van der Waals surface area contributed by atoms with Gasteiger partial charge in [0.1, 0.15) is 0 Å². The second-order valence-electron chi connectivity index (χ2n) is 4.08. The summed E-state index contributed by atoms with van der Waals surface area (Å²) in [5, 5.41) is 0. The molecule has 1 heterocycles. The van der Waals surface area contributed by atoms with Gasteiger partial charge in [0.05, 0.1) is 6.33 Å². The van der Waals surface area contributed by atoms with Crippen LogP contribution in [0.25, 0.3) is 0 Å². The van der Waals surface area contributed by atoms with E-state index >= 15 is 0 Å². The highest BCUT2D eigenvalue weighted by Gasteiger charge is 2.05. The fourth-order valence-electron chi connectivity index (χ4n) is 1.76. The molecule has 0 radical (unpaired) electrons. The number of rotatable bonds is 5. The topological polar surface area (TPSA) is 45.8 Å². The van der Waals surface area contributed by atoms with Crippen molar-refractivity contribution in [3.8, 4) is 12.3 Å². The van der Waals surface area contributed by atoms with Crippen LogP contribution in [-0.2, 0) is 6.42 Å². The van der Waals surface area contributed by atoms with Crippen LogP contribution < -0.4 is 0 Å². The molecule has 2 rings (SSSR count). The number of benzene rings is 1. The Balaban J connectivity index is 1.86. The Labute approximate surface area is 106 Å². The summed E-state index contributed by atoms with van der Waals surface area (Å²) in [4.78, 5) is 18.9. The average molecular weight is 238 g/mol. The highest BCUT2D eigenvalue weighted by atomic mass is 16.1. The van der Waals surface area contributed by atoms with Crippen LogP contribution in [0.15, 0.2) is 36.8 Å². The van der Waals surface area contributed by atoms with Gasteiger partial charge in [0.15, 0.2) is 5.78 Å². The lowest BCUT2D eigenvalue weighted by atomic mass is 10.0. The van der Waals surface area contributed by atoms with Crippen molar-refractivity contribution in [3.05, 3.63) is 53.6 Å². The zero-order valence-corrected chi connectivity index (χ0v) is 10.0. The zero-order chi connectivity index (χ0) is 12.8. The van der Waals surface area contributed by atoms with Crippen LogP contribution >= 0.6 is 0 Å². The van der Waals surface area contributed by atoms with E-state index in [0.717, 1.165) is 29.7 Å². The Morgan fingerprint density at radius 2 is 2.11 bits per heavy atom. The Morgan fingerprint density at radius 1 is 1.33 bits per heavy atom. The number of H-pyrrole nitrogens is 1. The van der Waals surface area contributed by atoms with Gasteiger partial charge < -0.3 is 4.98 Å². The van der Waals surface area contributed by atoms with Crippen LogP contribution in [0.4, 0.5) is 0 Å². The van der Waals surface area contributed by atoms with Crippen molar-refractivity contribution < 1.29 is 4.79 Å². The third-order valence-electron chi connectivity index (χ3n) is 2.78. The molecule has 0 atom stereocenters. The first-order valence-corrected chi connectivity index (χ1v) is 5.87. The molecule has 0 fully saturated rings. The predicted molar refractivity (Wildman–Crippen MR) is 70.2 cm³/mol. The molecule has 90 valence electrons. The summed E-state index contributed by atoms with van der Waals surface area (Å²) in [5.41, 5.74) is 2.58. The van der Waals surface area contributed by atoms with Gasteiger partial charge in [-0.1, -0.05) is 18.1 Å². The molecule has 0 unspecified atom stereocenters. The van der Waals surface area contributed by atoms with Crippen molar-refractivity contribution in [1.82, 2.24) is 9.97 Å². The lowest BCUT2D eigenvalue weighted by molar-refractivity contribution is 0.0980. The minimum absolute atomic E-state index is 0.151. The molecular weight excluding hydrogens is 224 g/mol. The van der Waals surface area contributed by atoms with Crippen molar-refractivity contribution in [1.29, 1.82) is 0 Å². The number of Topliss-reactive ketones (excluding diaryl/α,β-unsaturated/α-hetero) is 1. The normalized spacial score (nSPS) is 9.94. The number of carbonyl (C=O) groups excluding carboxylic acids is 1. The number of aromatic nitrogens is 2. The fraction of sp³-hybridized carbons (Fsp3) is 0.200. The molecule has 0 aliphatic rings. The molecular formula is C15H14N2O. The first-order valence-electron chi connectivity index (χ1n) is 5.87. The van der Waals surface area contributed by atoms with E-state index in [2.05, 4.69) is 15.9 Å². The molecule has 0 saturated carbocycles. The minimum Gasteiger partial charge on any atom is -0.348 e. The number of carbonyl (C=O) groups is 1. The second-order valence-corrected chi connectivity index (χ2v) is 4.08. The van der Waals surface area contributed by atoms with Crippen LogP contribution in [0, 0.1) is 12.3 Å². The SMILES string of the molecule is C#Cc1ccc(C(=O)CCCc2cnc[nH]2)cc1. The van der Waals surface area contributed by atoms with E-state index in [-0.39, 0.29) is 5.78 Å². The monoisotopic (exact) mass is 238 g/mol. The highest BCUT2D eigenvalue weighted by molar-refractivity contribution is 5.96. The summed E-state index contributed by atoms with van der Waals surface area (Å²) in [6.07, 6.45) is 10.9. The fourth-order valence-corrected chi connectivity index (χ4v) is 1.76. The van der Waals surface area contributed by atoms with E-state index in [1.54, 1.807) is 36.8 Å². The van der Waals surface area contributed by atoms with Gasteiger partial charge in [0.25, 0.3) is 0 Å². The van der Waals surface area contributed by atoms with Gasteiger partial charge in [0, 0.05) is 29.4 Å². The quantitative estimate of drug-likeness (QED) is 0.643. The van der Waals surface area contributed by atoms with Crippen molar-refractivity contribution >= 4 is 5.78 Å². The van der Waals surface area contributed by atoms with Gasteiger partial charge in [-0.3, -0.25) is 4.79 Å². The summed E-state index contributed by atoms with van der Waals surface area (Å²) in [7, 11) is 0. The molecule has 0 bridgehead atoms. The Morgan fingerprint density at radius 3 is 2.72 bits per heavy atom. The van der Waals surface area contributed by atoms with Crippen LogP contribution in [0.1, 0.15) is 34.5 Å². The molecule has 0 aliphatic heterocycles. The van der Waals surface area contributed by atoms with Crippen LogP contribution in [-0.4, -0.2) is 15.8 Å². The van der Waals surface area contributed by atoms with Gasteiger partial charge in [0.2, 0.25) is 0 Å². The molecule has 1 aromatic carbocycles. The summed E-state index contributed by atoms with van der Waals surface area (Å²) in [6, 6.07) is 7.16. The van der Waals surface area contributed by atoms with Crippen molar-refractivity contribution in [2.75, 3.05) is 0 Å². The number of imidazole rings is 1. The van der Waals surface area contributed by atoms with Gasteiger partial charge >= 0.3 is 0 Å². The standard InChI is InChI=1S/C15H14N2O/c1-2-12-6-8-13(9-7-12)15(18)5-3-4-14-10-16-11-17-14/h1,6-11H,3-5H2,(H,16,17). The molecule has 3 nitrogen and oxygen atoms in total. The molecule has 0 spiro atoms. The molecule has 0 saturated heterocycles. The molecule has 3 heteroatoms. The largest absolute Gasteiger partial charge is 0.348 e. The molecule has 1 N–H and O–H groups in total. The minimum atomic E-state index is 0.151. The zero-order valence-electron chi connectivity index (χ0n) is 10.0. The van der Waals surface area contributed by atoms with E-state index in [1.165, 1.54) is 0 Å². The summed E-state index contributed by atoms with van der Waals surface area (Å²) in [6.45, 7) is 0. The van der Waals surface area contributed by atoms with Gasteiger partial charge in [-0.15, -0.1) is 6.42 Å². The maximum absolute atomic E-state index is 11.9. The van der Waals surface area contributed by atoms with Crippen LogP contribution in [0.3, 0.4) is 0 Å². The maximum atomic E-state index is 11.9. The van der Waals surface area contributed by atoms with Crippen LogP contribution in [0.2, 0.25) is 0 Å². The van der Waals surface area contributed by atoms with Crippen LogP contribution in [0.5, 0.6) is 0 Å². The number of aromatic amines is 1. The van der Waals surface area contributed by atoms with E-state index in [0.29, 0.717) is 6.42 Å². The number of terminal acetylenes is 1. The molecule has 0 aliphatic carbocycles.